The number of fused-ring (bicyclic) bond motifs is 1. The van der Waals surface area contributed by atoms with Gasteiger partial charge in [-0.2, -0.15) is 0 Å². The summed E-state index contributed by atoms with van der Waals surface area (Å²) in [4.78, 5) is 16.7. The van der Waals surface area contributed by atoms with Crippen LogP contribution in [0.15, 0.2) is 59.1 Å². The maximum atomic E-state index is 12.3. The van der Waals surface area contributed by atoms with Crippen molar-refractivity contribution in [3.05, 3.63) is 65.2 Å². The number of anilines is 1. The van der Waals surface area contributed by atoms with Crippen LogP contribution in [0.25, 0.3) is 6.08 Å². The number of amides is 1. The summed E-state index contributed by atoms with van der Waals surface area (Å²) in [5, 5.41) is 2.87. The molecule has 1 amide bonds. The zero-order valence-electron chi connectivity index (χ0n) is 12.3. The van der Waals surface area contributed by atoms with E-state index >= 15 is 0 Å². The molecule has 1 heterocycles. The second kappa shape index (κ2) is 5.85. The monoisotopic (exact) mass is 291 g/mol. The number of hydrogen-bond acceptors (Lipinski definition) is 3. The molecule has 0 aliphatic carbocycles. The molecule has 22 heavy (non-hydrogen) atoms. The van der Waals surface area contributed by atoms with E-state index in [1.54, 1.807) is 12.1 Å². The van der Waals surface area contributed by atoms with Gasteiger partial charge < -0.3 is 11.1 Å². The Balaban J connectivity index is 1.91. The molecule has 1 aliphatic rings. The normalized spacial score (nSPS) is 13.5. The quantitative estimate of drug-likeness (QED) is 0.885. The van der Waals surface area contributed by atoms with Gasteiger partial charge in [0.25, 0.3) is 5.91 Å². The van der Waals surface area contributed by atoms with Gasteiger partial charge in [-0.25, -0.2) is 4.99 Å². The highest BCUT2D eigenvalue weighted by atomic mass is 16.1. The maximum Gasteiger partial charge on any atom is 0.255 e. The second-order valence-electron chi connectivity index (χ2n) is 5.36. The molecule has 1 aliphatic heterocycles. The van der Waals surface area contributed by atoms with Crippen molar-refractivity contribution in [3.63, 3.8) is 0 Å². The van der Waals surface area contributed by atoms with E-state index in [0.29, 0.717) is 17.8 Å². The molecule has 0 spiro atoms. The van der Waals surface area contributed by atoms with E-state index in [-0.39, 0.29) is 5.91 Å². The molecule has 2 aromatic carbocycles. The van der Waals surface area contributed by atoms with Gasteiger partial charge >= 0.3 is 0 Å². The molecular formula is C18H17N3O. The summed E-state index contributed by atoms with van der Waals surface area (Å²) >= 11 is 0. The number of aliphatic imine (C=N–C) groups is 1. The SMILES string of the molecule is CC1=Cc2ccc(C(=O)Nc3ccccc3)cc2N=C(N)C1. The summed E-state index contributed by atoms with van der Waals surface area (Å²) in [6.45, 7) is 2.02. The third-order valence-corrected chi connectivity index (χ3v) is 3.45. The Labute approximate surface area is 129 Å². The third-order valence-electron chi connectivity index (χ3n) is 3.45. The second-order valence-corrected chi connectivity index (χ2v) is 5.36. The Kier molecular flexibility index (Phi) is 3.74. The maximum absolute atomic E-state index is 12.3. The number of para-hydroxylation sites is 1. The predicted octanol–water partition coefficient (Wildman–Crippen LogP) is 3.73. The Morgan fingerprint density at radius 3 is 2.73 bits per heavy atom. The number of nitrogens with one attached hydrogen (secondary N) is 1. The van der Waals surface area contributed by atoms with Gasteiger partial charge in [0.2, 0.25) is 0 Å². The van der Waals surface area contributed by atoms with Gasteiger partial charge in [0.1, 0.15) is 5.84 Å². The number of carbonyl (C=O) groups excluding carboxylic acids is 1. The van der Waals surface area contributed by atoms with E-state index < -0.39 is 0 Å². The van der Waals surface area contributed by atoms with Crippen molar-refractivity contribution in [1.82, 2.24) is 0 Å². The van der Waals surface area contributed by atoms with Gasteiger partial charge in [0.05, 0.1) is 5.69 Å². The highest BCUT2D eigenvalue weighted by Gasteiger charge is 2.12. The smallest absolute Gasteiger partial charge is 0.255 e. The minimum absolute atomic E-state index is 0.160. The van der Waals surface area contributed by atoms with Crippen molar-refractivity contribution in [2.45, 2.75) is 13.3 Å². The molecule has 4 heteroatoms. The lowest BCUT2D eigenvalue weighted by Gasteiger charge is -2.07. The number of carbonyl (C=O) groups is 1. The molecule has 3 N–H and O–H groups in total. The highest BCUT2D eigenvalue weighted by Crippen LogP contribution is 2.27. The van der Waals surface area contributed by atoms with Crippen molar-refractivity contribution in [2.24, 2.45) is 10.7 Å². The molecule has 0 saturated heterocycles. The molecular weight excluding hydrogens is 274 g/mol. The highest BCUT2D eigenvalue weighted by molar-refractivity contribution is 6.05. The Morgan fingerprint density at radius 1 is 1.18 bits per heavy atom. The molecule has 0 bridgehead atoms. The molecule has 0 saturated carbocycles. The van der Waals surface area contributed by atoms with Gasteiger partial charge in [0.15, 0.2) is 0 Å². The first-order valence-electron chi connectivity index (χ1n) is 7.12. The average molecular weight is 291 g/mol. The largest absolute Gasteiger partial charge is 0.387 e. The third kappa shape index (κ3) is 3.06. The number of nitrogens with zero attached hydrogens (tertiary/aromatic N) is 1. The average Bonchev–Trinajstić information content (AvgIpc) is 2.63. The fourth-order valence-electron chi connectivity index (χ4n) is 2.42. The van der Waals surface area contributed by atoms with Crippen molar-refractivity contribution in [3.8, 4) is 0 Å². The lowest BCUT2D eigenvalue weighted by atomic mass is 10.1. The van der Waals surface area contributed by atoms with Crippen LogP contribution in [0.3, 0.4) is 0 Å². The number of benzene rings is 2. The minimum Gasteiger partial charge on any atom is -0.387 e. The first-order chi connectivity index (χ1) is 10.6. The molecule has 3 rings (SSSR count). The fourth-order valence-corrected chi connectivity index (χ4v) is 2.42. The van der Waals surface area contributed by atoms with Crippen molar-refractivity contribution in [1.29, 1.82) is 0 Å². The van der Waals surface area contributed by atoms with E-state index in [0.717, 1.165) is 22.5 Å². The van der Waals surface area contributed by atoms with E-state index in [1.807, 2.05) is 43.3 Å². The van der Waals surface area contributed by atoms with Crippen LogP contribution in [0.2, 0.25) is 0 Å². The first kappa shape index (κ1) is 14.1. The summed E-state index contributed by atoms with van der Waals surface area (Å²) in [6, 6.07) is 14.8. The first-order valence-corrected chi connectivity index (χ1v) is 7.12. The lowest BCUT2D eigenvalue weighted by molar-refractivity contribution is 0.102. The molecule has 0 aromatic heterocycles. The molecule has 4 nitrogen and oxygen atoms in total. The summed E-state index contributed by atoms with van der Waals surface area (Å²) < 4.78 is 0. The van der Waals surface area contributed by atoms with Crippen molar-refractivity contribution >= 4 is 29.2 Å². The van der Waals surface area contributed by atoms with E-state index in [1.165, 1.54) is 0 Å². The van der Waals surface area contributed by atoms with Crippen LogP contribution in [0.4, 0.5) is 11.4 Å². The Hall–Kier alpha value is -2.88. The Morgan fingerprint density at radius 2 is 1.95 bits per heavy atom. The summed E-state index contributed by atoms with van der Waals surface area (Å²) in [5.41, 5.74) is 10.1. The van der Waals surface area contributed by atoms with Crippen molar-refractivity contribution < 1.29 is 4.79 Å². The van der Waals surface area contributed by atoms with E-state index in [2.05, 4.69) is 16.4 Å². The summed E-state index contributed by atoms with van der Waals surface area (Å²) in [5.74, 6) is 0.404. The predicted molar refractivity (Wildman–Crippen MR) is 90.4 cm³/mol. The van der Waals surface area contributed by atoms with Crippen LogP contribution in [-0.4, -0.2) is 11.7 Å². The lowest BCUT2D eigenvalue weighted by Crippen LogP contribution is -2.12. The van der Waals surface area contributed by atoms with Gasteiger partial charge in [0, 0.05) is 23.2 Å². The van der Waals surface area contributed by atoms with Gasteiger partial charge in [-0.1, -0.05) is 35.9 Å². The summed E-state index contributed by atoms with van der Waals surface area (Å²) in [6.07, 6.45) is 2.71. The standard InChI is InChI=1S/C18H17N3O/c1-12-9-13-7-8-14(11-16(13)21-17(19)10-12)18(22)20-15-5-3-2-4-6-15/h2-9,11H,10H2,1H3,(H2,19,21)(H,20,22). The summed E-state index contributed by atoms with van der Waals surface area (Å²) in [7, 11) is 0. The molecule has 110 valence electrons. The van der Waals surface area contributed by atoms with Crippen LogP contribution in [0.5, 0.6) is 0 Å². The van der Waals surface area contributed by atoms with Crippen LogP contribution < -0.4 is 11.1 Å². The van der Waals surface area contributed by atoms with Gasteiger partial charge in [-0.15, -0.1) is 0 Å². The van der Waals surface area contributed by atoms with Gasteiger partial charge in [-0.05, 0) is 31.2 Å². The van der Waals surface area contributed by atoms with Gasteiger partial charge in [-0.3, -0.25) is 4.79 Å². The molecule has 0 fully saturated rings. The molecule has 0 unspecified atom stereocenters. The number of amidine groups is 1. The molecule has 2 aromatic rings. The van der Waals surface area contributed by atoms with E-state index in [9.17, 15) is 4.79 Å². The van der Waals surface area contributed by atoms with E-state index in [4.69, 9.17) is 5.73 Å². The number of rotatable bonds is 2. The van der Waals surface area contributed by atoms with Crippen LogP contribution in [-0.2, 0) is 0 Å². The molecule has 0 atom stereocenters. The van der Waals surface area contributed by atoms with Crippen LogP contribution in [0.1, 0.15) is 29.3 Å². The number of nitrogens with two attached hydrogens (primary N) is 1. The fraction of sp³-hybridized carbons (Fsp3) is 0.111. The minimum atomic E-state index is -0.160. The van der Waals surface area contributed by atoms with Crippen LogP contribution in [0, 0.1) is 0 Å². The topological polar surface area (TPSA) is 67.5 Å². The van der Waals surface area contributed by atoms with Crippen molar-refractivity contribution in [2.75, 3.05) is 5.32 Å². The van der Waals surface area contributed by atoms with Crippen LogP contribution >= 0.6 is 0 Å². The number of hydrogen-bond donors (Lipinski definition) is 2. The zero-order chi connectivity index (χ0) is 15.5. The molecule has 0 radical (unpaired) electrons. The zero-order valence-corrected chi connectivity index (χ0v) is 12.3. The Bertz CT molecular complexity index is 776.